The number of hydrogen-bond donors (Lipinski definition) is 1. The van der Waals surface area contributed by atoms with Crippen molar-refractivity contribution in [3.63, 3.8) is 0 Å². The molecule has 0 aromatic heterocycles. The van der Waals surface area contributed by atoms with Gasteiger partial charge in [0.05, 0.1) is 24.9 Å². The molecule has 1 N–H and O–H groups in total. The number of halogens is 2. The summed E-state index contributed by atoms with van der Waals surface area (Å²) < 4.78 is 10.4. The molecular weight excluding hydrogens is 351 g/mol. The van der Waals surface area contributed by atoms with Gasteiger partial charge in [0.15, 0.2) is 0 Å². The molecule has 0 radical (unpaired) electrons. The van der Waals surface area contributed by atoms with Crippen LogP contribution in [0.4, 0.5) is 10.5 Å². The minimum Gasteiger partial charge on any atom is -0.495 e. The lowest BCUT2D eigenvalue weighted by Gasteiger charge is -2.20. The van der Waals surface area contributed by atoms with Crippen molar-refractivity contribution >= 4 is 34.9 Å². The van der Waals surface area contributed by atoms with Crippen LogP contribution in [0.2, 0.25) is 10.0 Å². The summed E-state index contributed by atoms with van der Waals surface area (Å²) >= 11 is 12.0. The zero-order chi connectivity index (χ0) is 17.7. The standard InChI is InChI=1S/C17H18Cl2N2O3/c1-21(10-11-5-4-6-12(18)7-11)17(22)20-14-9-15(23-2)13(19)8-16(14)24-3/h4-9H,10H2,1-3H3,(H,20,22). The molecule has 2 rings (SSSR count). The minimum absolute atomic E-state index is 0.294. The molecule has 0 heterocycles. The monoisotopic (exact) mass is 368 g/mol. The molecule has 0 atom stereocenters. The van der Waals surface area contributed by atoms with E-state index in [2.05, 4.69) is 5.32 Å². The summed E-state index contributed by atoms with van der Waals surface area (Å²) in [5, 5.41) is 3.82. The first-order valence-electron chi connectivity index (χ1n) is 7.12. The first-order chi connectivity index (χ1) is 11.4. The van der Waals surface area contributed by atoms with Crippen molar-refractivity contribution in [3.8, 4) is 11.5 Å². The maximum absolute atomic E-state index is 12.4. The van der Waals surface area contributed by atoms with E-state index in [9.17, 15) is 4.79 Å². The van der Waals surface area contributed by atoms with E-state index in [0.29, 0.717) is 33.8 Å². The van der Waals surface area contributed by atoms with Gasteiger partial charge >= 0.3 is 6.03 Å². The molecule has 128 valence electrons. The highest BCUT2D eigenvalue weighted by Crippen LogP contribution is 2.36. The van der Waals surface area contributed by atoms with Crippen LogP contribution in [0.3, 0.4) is 0 Å². The number of carbonyl (C=O) groups excluding carboxylic acids is 1. The highest BCUT2D eigenvalue weighted by Gasteiger charge is 2.15. The predicted octanol–water partition coefficient (Wildman–Crippen LogP) is 4.67. The van der Waals surface area contributed by atoms with Crippen molar-refractivity contribution in [2.75, 3.05) is 26.6 Å². The zero-order valence-corrected chi connectivity index (χ0v) is 15.1. The number of hydrogen-bond acceptors (Lipinski definition) is 3. The Labute approximate surface area is 151 Å². The van der Waals surface area contributed by atoms with Gasteiger partial charge in [-0.2, -0.15) is 0 Å². The van der Waals surface area contributed by atoms with Gasteiger partial charge in [-0.25, -0.2) is 4.79 Å². The quantitative estimate of drug-likeness (QED) is 0.833. The maximum atomic E-state index is 12.4. The summed E-state index contributed by atoms with van der Waals surface area (Å²) in [5.74, 6) is 0.899. The van der Waals surface area contributed by atoms with E-state index < -0.39 is 0 Å². The van der Waals surface area contributed by atoms with E-state index in [4.69, 9.17) is 32.7 Å². The number of nitrogens with zero attached hydrogens (tertiary/aromatic N) is 1. The molecule has 7 heteroatoms. The maximum Gasteiger partial charge on any atom is 0.321 e. The van der Waals surface area contributed by atoms with E-state index in [1.54, 1.807) is 25.2 Å². The van der Waals surface area contributed by atoms with Gasteiger partial charge in [-0.1, -0.05) is 35.3 Å². The van der Waals surface area contributed by atoms with Gasteiger partial charge in [0.2, 0.25) is 0 Å². The van der Waals surface area contributed by atoms with Crippen LogP contribution in [0, 0.1) is 0 Å². The second-order valence-corrected chi connectivity index (χ2v) is 5.95. The fraction of sp³-hybridized carbons (Fsp3) is 0.235. The average molecular weight is 369 g/mol. The molecular formula is C17H18Cl2N2O3. The van der Waals surface area contributed by atoms with Crippen molar-refractivity contribution in [1.82, 2.24) is 4.90 Å². The Morgan fingerprint density at radius 3 is 2.46 bits per heavy atom. The molecule has 0 aliphatic heterocycles. The summed E-state index contributed by atoms with van der Waals surface area (Å²) in [6.45, 7) is 0.416. The van der Waals surface area contributed by atoms with Crippen LogP contribution < -0.4 is 14.8 Å². The highest BCUT2D eigenvalue weighted by molar-refractivity contribution is 6.32. The van der Waals surface area contributed by atoms with Crippen LogP contribution in [-0.2, 0) is 6.54 Å². The number of ether oxygens (including phenoxy) is 2. The van der Waals surface area contributed by atoms with Crippen LogP contribution in [0.25, 0.3) is 0 Å². The fourth-order valence-electron chi connectivity index (χ4n) is 2.15. The van der Waals surface area contributed by atoms with Crippen LogP contribution in [0.5, 0.6) is 11.5 Å². The van der Waals surface area contributed by atoms with Gasteiger partial charge in [-0.3, -0.25) is 0 Å². The molecule has 0 saturated carbocycles. The molecule has 2 aromatic rings. The van der Waals surface area contributed by atoms with Gasteiger partial charge in [0.1, 0.15) is 11.5 Å². The minimum atomic E-state index is -0.294. The molecule has 0 aliphatic rings. The van der Waals surface area contributed by atoms with E-state index in [1.165, 1.54) is 19.1 Å². The first-order valence-corrected chi connectivity index (χ1v) is 7.88. The Balaban J connectivity index is 2.13. The number of anilines is 1. The number of methoxy groups -OCH3 is 2. The average Bonchev–Trinajstić information content (AvgIpc) is 2.55. The topological polar surface area (TPSA) is 50.8 Å². The Kier molecular flexibility index (Phi) is 6.17. The van der Waals surface area contributed by atoms with Crippen molar-refractivity contribution in [2.24, 2.45) is 0 Å². The summed E-state index contributed by atoms with van der Waals surface area (Å²) in [4.78, 5) is 13.9. The summed E-state index contributed by atoms with van der Waals surface area (Å²) in [7, 11) is 4.70. The Morgan fingerprint density at radius 1 is 1.12 bits per heavy atom. The fourth-order valence-corrected chi connectivity index (χ4v) is 2.59. The number of rotatable bonds is 5. The zero-order valence-electron chi connectivity index (χ0n) is 13.6. The molecule has 24 heavy (non-hydrogen) atoms. The van der Waals surface area contributed by atoms with Crippen LogP contribution in [-0.4, -0.2) is 32.2 Å². The Morgan fingerprint density at radius 2 is 1.83 bits per heavy atom. The summed E-state index contributed by atoms with van der Waals surface area (Å²) in [5.41, 5.74) is 1.41. The van der Waals surface area contributed by atoms with Crippen molar-refractivity contribution < 1.29 is 14.3 Å². The van der Waals surface area contributed by atoms with Gasteiger partial charge < -0.3 is 19.7 Å². The predicted molar refractivity (Wildman–Crippen MR) is 96.5 cm³/mol. The SMILES string of the molecule is COc1cc(NC(=O)N(C)Cc2cccc(Cl)c2)c(OC)cc1Cl. The second-order valence-electron chi connectivity index (χ2n) is 5.10. The lowest BCUT2D eigenvalue weighted by Crippen LogP contribution is -2.31. The smallest absolute Gasteiger partial charge is 0.321 e. The molecule has 0 bridgehead atoms. The lowest BCUT2D eigenvalue weighted by molar-refractivity contribution is 0.220. The highest BCUT2D eigenvalue weighted by atomic mass is 35.5. The van der Waals surface area contributed by atoms with Crippen LogP contribution in [0.1, 0.15) is 5.56 Å². The van der Waals surface area contributed by atoms with Gasteiger partial charge in [-0.05, 0) is 17.7 Å². The molecule has 5 nitrogen and oxygen atoms in total. The summed E-state index contributed by atoms with van der Waals surface area (Å²) in [6, 6.07) is 10.3. The first kappa shape index (κ1) is 18.2. The van der Waals surface area contributed by atoms with Gasteiger partial charge in [-0.15, -0.1) is 0 Å². The van der Waals surface area contributed by atoms with E-state index in [0.717, 1.165) is 5.56 Å². The van der Waals surface area contributed by atoms with Crippen molar-refractivity contribution in [3.05, 3.63) is 52.0 Å². The number of amides is 2. The third-order valence-corrected chi connectivity index (χ3v) is 3.90. The molecule has 0 aliphatic carbocycles. The molecule has 2 aromatic carbocycles. The summed E-state index contributed by atoms with van der Waals surface area (Å²) in [6.07, 6.45) is 0. The number of carbonyl (C=O) groups is 1. The number of benzene rings is 2. The van der Waals surface area contributed by atoms with E-state index >= 15 is 0 Å². The molecule has 0 saturated heterocycles. The molecule has 2 amide bonds. The second kappa shape index (κ2) is 8.13. The van der Waals surface area contributed by atoms with Crippen molar-refractivity contribution in [2.45, 2.75) is 6.54 Å². The molecule has 0 fully saturated rings. The third kappa shape index (κ3) is 4.46. The Bertz CT molecular complexity index is 738. The third-order valence-electron chi connectivity index (χ3n) is 3.37. The van der Waals surface area contributed by atoms with E-state index in [-0.39, 0.29) is 6.03 Å². The lowest BCUT2D eigenvalue weighted by atomic mass is 10.2. The van der Waals surface area contributed by atoms with Crippen molar-refractivity contribution in [1.29, 1.82) is 0 Å². The molecule has 0 unspecified atom stereocenters. The van der Waals surface area contributed by atoms with Gasteiger partial charge in [0, 0.05) is 30.7 Å². The number of nitrogens with one attached hydrogen (secondary N) is 1. The van der Waals surface area contributed by atoms with Gasteiger partial charge in [0.25, 0.3) is 0 Å². The largest absolute Gasteiger partial charge is 0.495 e. The molecule has 0 spiro atoms. The number of urea groups is 1. The van der Waals surface area contributed by atoms with Crippen LogP contribution in [0.15, 0.2) is 36.4 Å². The van der Waals surface area contributed by atoms with Crippen LogP contribution >= 0.6 is 23.2 Å². The normalized spacial score (nSPS) is 10.2. The Hall–Kier alpha value is -2.11. The van der Waals surface area contributed by atoms with E-state index in [1.807, 2.05) is 18.2 Å².